The van der Waals surface area contributed by atoms with Gasteiger partial charge in [0, 0.05) is 55.0 Å². The van der Waals surface area contributed by atoms with Crippen molar-refractivity contribution >= 4 is 29.6 Å². The summed E-state index contributed by atoms with van der Waals surface area (Å²) < 4.78 is 5.46. The average Bonchev–Trinajstić information content (AvgIpc) is 2.61. The van der Waals surface area contributed by atoms with E-state index < -0.39 is 0 Å². The van der Waals surface area contributed by atoms with Crippen LogP contribution in [-0.2, 0) is 4.74 Å². The first kappa shape index (κ1) is 12.9. The Balaban J connectivity index is 1.54. The molecule has 0 atom stereocenters. The minimum atomic E-state index is -0.232. The number of nitrogens with one attached hydrogen (secondary N) is 1. The van der Waals surface area contributed by atoms with Gasteiger partial charge in [0.05, 0.1) is 6.54 Å². The zero-order chi connectivity index (χ0) is 12.4. The van der Waals surface area contributed by atoms with E-state index in [0.29, 0.717) is 12.6 Å². The molecule has 18 heavy (non-hydrogen) atoms. The second-order valence-electron chi connectivity index (χ2n) is 5.27. The van der Waals surface area contributed by atoms with Crippen LogP contribution in [-0.4, -0.2) is 65.3 Å². The average molecular weight is 288 g/mol. The van der Waals surface area contributed by atoms with Crippen LogP contribution in [0.4, 0.5) is 4.79 Å². The zero-order valence-electron chi connectivity index (χ0n) is 10.5. The van der Waals surface area contributed by atoms with Crippen molar-refractivity contribution in [3.63, 3.8) is 0 Å². The Morgan fingerprint density at radius 3 is 2.44 bits per heavy atom. The zero-order valence-corrected chi connectivity index (χ0v) is 12.2. The summed E-state index contributed by atoms with van der Waals surface area (Å²) in [7, 11) is 0. The van der Waals surface area contributed by atoms with Crippen LogP contribution >= 0.6 is 23.5 Å². The van der Waals surface area contributed by atoms with Gasteiger partial charge in [-0.1, -0.05) is 0 Å². The van der Waals surface area contributed by atoms with Crippen LogP contribution in [0, 0.1) is 0 Å². The second kappa shape index (κ2) is 5.51. The number of rotatable bonds is 1. The lowest BCUT2D eigenvalue weighted by Crippen LogP contribution is -2.51. The fraction of sp³-hybridized carbons (Fsp3) is 0.917. The summed E-state index contributed by atoms with van der Waals surface area (Å²) in [6.45, 7) is 2.84. The highest BCUT2D eigenvalue weighted by Gasteiger charge is 2.43. The largest absolute Gasteiger partial charge is 0.441 e. The third-order valence-corrected chi connectivity index (χ3v) is 6.57. The van der Waals surface area contributed by atoms with Gasteiger partial charge in [-0.2, -0.15) is 23.5 Å². The van der Waals surface area contributed by atoms with Crippen molar-refractivity contribution in [2.45, 2.75) is 24.5 Å². The van der Waals surface area contributed by atoms with Crippen LogP contribution in [0.1, 0.15) is 12.8 Å². The fourth-order valence-corrected chi connectivity index (χ4v) is 5.52. The van der Waals surface area contributed by atoms with Gasteiger partial charge in [-0.3, -0.25) is 4.90 Å². The van der Waals surface area contributed by atoms with Gasteiger partial charge in [0.15, 0.2) is 0 Å². The Kier molecular flexibility index (Phi) is 3.96. The van der Waals surface area contributed by atoms with E-state index in [1.54, 1.807) is 0 Å². The summed E-state index contributed by atoms with van der Waals surface area (Å²) in [5.41, 5.74) is -0.196. The van der Waals surface area contributed by atoms with Gasteiger partial charge in [0.2, 0.25) is 0 Å². The molecule has 1 N–H and O–H groups in total. The van der Waals surface area contributed by atoms with E-state index in [1.807, 2.05) is 0 Å². The van der Waals surface area contributed by atoms with E-state index in [-0.39, 0.29) is 11.7 Å². The first-order chi connectivity index (χ1) is 8.77. The van der Waals surface area contributed by atoms with Crippen LogP contribution in [0.15, 0.2) is 0 Å². The van der Waals surface area contributed by atoms with Crippen molar-refractivity contribution in [2.24, 2.45) is 0 Å². The van der Waals surface area contributed by atoms with Crippen molar-refractivity contribution < 1.29 is 9.53 Å². The second-order valence-corrected chi connectivity index (χ2v) is 7.57. The molecule has 0 aromatic heterocycles. The summed E-state index contributed by atoms with van der Waals surface area (Å²) >= 11 is 4.16. The maximum atomic E-state index is 11.2. The van der Waals surface area contributed by atoms with Crippen LogP contribution in [0.2, 0.25) is 0 Å². The summed E-state index contributed by atoms with van der Waals surface area (Å²) in [5.74, 6) is 5.11. The lowest BCUT2D eigenvalue weighted by atomic mass is 9.91. The van der Waals surface area contributed by atoms with E-state index in [4.69, 9.17) is 4.74 Å². The fourth-order valence-electron chi connectivity index (χ4n) is 2.89. The van der Waals surface area contributed by atoms with Crippen molar-refractivity contribution in [2.75, 3.05) is 42.6 Å². The van der Waals surface area contributed by atoms with Gasteiger partial charge < -0.3 is 10.1 Å². The molecular formula is C12H20N2O2S2. The predicted octanol–water partition coefficient (Wildman–Crippen LogP) is 1.41. The number of thioether (sulfide) groups is 2. The lowest BCUT2D eigenvalue weighted by Gasteiger charge is -2.40. The number of amides is 1. The number of nitrogens with zero attached hydrogens (tertiary/aromatic N) is 1. The number of hydrogen-bond acceptors (Lipinski definition) is 5. The van der Waals surface area contributed by atoms with Crippen LogP contribution in [0.5, 0.6) is 0 Å². The highest BCUT2D eigenvalue weighted by atomic mass is 32.2. The highest BCUT2D eigenvalue weighted by Crippen LogP contribution is 2.31. The topological polar surface area (TPSA) is 41.6 Å². The molecule has 0 radical (unpaired) electrons. The quantitative estimate of drug-likeness (QED) is 0.790. The minimum Gasteiger partial charge on any atom is -0.441 e. The number of carbonyl (C=O) groups excluding carboxylic acids is 1. The maximum Gasteiger partial charge on any atom is 0.407 e. The molecule has 3 saturated heterocycles. The molecule has 0 aromatic carbocycles. The molecular weight excluding hydrogens is 268 g/mol. The SMILES string of the molecule is O=C1NCC2(CCN(C3CSCCSC3)CC2)O1. The van der Waals surface area contributed by atoms with Crippen LogP contribution in [0.3, 0.4) is 0 Å². The molecule has 3 aliphatic rings. The van der Waals surface area contributed by atoms with Crippen molar-refractivity contribution in [3.05, 3.63) is 0 Å². The Morgan fingerprint density at radius 2 is 1.89 bits per heavy atom. The van der Waals surface area contributed by atoms with Crippen LogP contribution < -0.4 is 5.32 Å². The molecule has 0 aliphatic carbocycles. The van der Waals surface area contributed by atoms with E-state index in [1.165, 1.54) is 23.0 Å². The lowest BCUT2D eigenvalue weighted by molar-refractivity contribution is -0.00522. The third kappa shape index (κ3) is 2.75. The minimum absolute atomic E-state index is 0.196. The standard InChI is InChI=1S/C12H20N2O2S2/c15-11-13-9-12(16-11)1-3-14(4-2-12)10-7-17-5-6-18-8-10/h10H,1-9H2,(H,13,15). The molecule has 0 saturated carbocycles. The third-order valence-electron chi connectivity index (χ3n) is 4.08. The molecule has 0 aromatic rings. The van der Waals surface area contributed by atoms with E-state index >= 15 is 0 Å². The smallest absolute Gasteiger partial charge is 0.407 e. The molecule has 3 rings (SSSR count). The summed E-state index contributed by atoms with van der Waals surface area (Å²) in [4.78, 5) is 13.8. The Bertz CT molecular complexity index is 311. The summed E-state index contributed by atoms with van der Waals surface area (Å²) in [6, 6.07) is 0.713. The molecule has 3 fully saturated rings. The Hall–Kier alpha value is -0.0700. The van der Waals surface area contributed by atoms with E-state index in [0.717, 1.165) is 25.9 Å². The molecule has 0 bridgehead atoms. The van der Waals surface area contributed by atoms with E-state index in [9.17, 15) is 4.79 Å². The molecule has 102 valence electrons. The molecule has 1 amide bonds. The number of alkyl carbamates (subject to hydrolysis) is 1. The summed E-state index contributed by atoms with van der Waals surface area (Å²) in [5, 5.41) is 2.80. The van der Waals surface area contributed by atoms with Gasteiger partial charge in [0.25, 0.3) is 0 Å². The van der Waals surface area contributed by atoms with Crippen LogP contribution in [0.25, 0.3) is 0 Å². The maximum absolute atomic E-state index is 11.2. The Morgan fingerprint density at radius 1 is 1.22 bits per heavy atom. The number of carbonyl (C=O) groups is 1. The number of likely N-dealkylation sites (tertiary alicyclic amines) is 1. The molecule has 6 heteroatoms. The molecule has 4 nitrogen and oxygen atoms in total. The first-order valence-corrected chi connectivity index (χ1v) is 8.95. The van der Waals surface area contributed by atoms with Crippen molar-refractivity contribution in [1.82, 2.24) is 10.2 Å². The van der Waals surface area contributed by atoms with Gasteiger partial charge in [-0.05, 0) is 0 Å². The molecule has 1 spiro atoms. The number of hydrogen-bond donors (Lipinski definition) is 1. The highest BCUT2D eigenvalue weighted by molar-refractivity contribution is 8.03. The molecule has 3 heterocycles. The molecule has 3 aliphatic heterocycles. The predicted molar refractivity (Wildman–Crippen MR) is 76.5 cm³/mol. The van der Waals surface area contributed by atoms with Gasteiger partial charge in [-0.25, -0.2) is 4.79 Å². The van der Waals surface area contributed by atoms with Gasteiger partial charge in [0.1, 0.15) is 5.60 Å². The summed E-state index contributed by atoms with van der Waals surface area (Å²) in [6.07, 6.45) is 1.74. The van der Waals surface area contributed by atoms with Crippen molar-refractivity contribution in [3.8, 4) is 0 Å². The normalized spacial score (nSPS) is 29.9. The number of ether oxygens (including phenoxy) is 1. The van der Waals surface area contributed by atoms with Crippen molar-refractivity contribution in [1.29, 1.82) is 0 Å². The monoisotopic (exact) mass is 288 g/mol. The number of piperidine rings is 1. The van der Waals surface area contributed by atoms with E-state index in [2.05, 4.69) is 33.7 Å². The van der Waals surface area contributed by atoms with Gasteiger partial charge in [-0.15, -0.1) is 0 Å². The van der Waals surface area contributed by atoms with Gasteiger partial charge >= 0.3 is 6.09 Å². The molecule has 0 unspecified atom stereocenters. The Labute approximate surface area is 117 Å². The first-order valence-electron chi connectivity index (χ1n) is 6.64.